The van der Waals surface area contributed by atoms with Gasteiger partial charge in [-0.3, -0.25) is 0 Å². The third-order valence-electron chi connectivity index (χ3n) is 1.73. The molecule has 0 aliphatic carbocycles. The fraction of sp³-hybridized carbons (Fsp3) is 0.455. The largest absolute Gasteiger partial charge is 0.382 e. The second-order valence-electron chi connectivity index (χ2n) is 2.56. The summed E-state index contributed by atoms with van der Waals surface area (Å²) in [6.07, 6.45) is 1.44. The maximum atomic E-state index is 5.68. The van der Waals surface area contributed by atoms with Crippen molar-refractivity contribution in [2.75, 3.05) is 5.73 Å². The molecule has 2 rings (SSSR count). The van der Waals surface area contributed by atoms with Gasteiger partial charge in [0.25, 0.3) is 0 Å². The molecule has 0 unspecified atom stereocenters. The van der Waals surface area contributed by atoms with Gasteiger partial charge in [0.1, 0.15) is 16.4 Å². The van der Waals surface area contributed by atoms with Crippen molar-refractivity contribution < 1.29 is 0 Å². The van der Waals surface area contributed by atoms with Crippen molar-refractivity contribution in [2.45, 2.75) is 34.6 Å². The molecule has 0 saturated heterocycles. The predicted octanol–water partition coefficient (Wildman–Crippen LogP) is 3.43. The molecule has 2 aromatic heterocycles. The molecule has 2 heterocycles. The maximum absolute atomic E-state index is 5.68. The lowest BCUT2D eigenvalue weighted by Gasteiger charge is -1.97. The Balaban J connectivity index is 0.000000509. The lowest BCUT2D eigenvalue weighted by Crippen LogP contribution is -1.99. The van der Waals surface area contributed by atoms with Crippen LogP contribution in [0.5, 0.6) is 0 Å². The second kappa shape index (κ2) is 7.22. The Morgan fingerprint density at radius 3 is 2.31 bits per heavy atom. The summed E-state index contributed by atoms with van der Waals surface area (Å²) in [7, 11) is 0. The highest BCUT2D eigenvalue weighted by Crippen LogP contribution is 2.22. The Bertz CT molecular complexity index is 437. The standard InChI is InChI=1S/C7H7BrN4.2C2H6/c1-4-2-5(8)12-6(4)7(9)10-3-11-12;2*1-2/h2-3H,1H3,(H2,9,10,11);2*1-2H3. The first-order valence-electron chi connectivity index (χ1n) is 5.44. The Labute approximate surface area is 105 Å². The molecule has 4 nitrogen and oxygen atoms in total. The van der Waals surface area contributed by atoms with Gasteiger partial charge in [0.05, 0.1) is 0 Å². The molecular weight excluding hydrogens is 268 g/mol. The Morgan fingerprint density at radius 2 is 1.81 bits per heavy atom. The topological polar surface area (TPSA) is 56.2 Å². The number of hydrogen-bond donors (Lipinski definition) is 1. The molecule has 0 spiro atoms. The van der Waals surface area contributed by atoms with Gasteiger partial charge in [-0.05, 0) is 34.5 Å². The minimum atomic E-state index is 0.508. The highest BCUT2D eigenvalue weighted by atomic mass is 79.9. The van der Waals surface area contributed by atoms with E-state index in [1.165, 1.54) is 6.33 Å². The molecule has 0 aromatic carbocycles. The van der Waals surface area contributed by atoms with Crippen LogP contribution in [-0.2, 0) is 0 Å². The first-order chi connectivity index (χ1) is 7.70. The number of nitrogens with zero attached hydrogens (tertiary/aromatic N) is 3. The third kappa shape index (κ3) is 2.95. The minimum Gasteiger partial charge on any atom is -0.382 e. The van der Waals surface area contributed by atoms with Crippen LogP contribution in [0.15, 0.2) is 17.0 Å². The van der Waals surface area contributed by atoms with Crippen molar-refractivity contribution in [1.29, 1.82) is 0 Å². The van der Waals surface area contributed by atoms with E-state index in [1.807, 2.05) is 40.7 Å². The summed E-state index contributed by atoms with van der Waals surface area (Å²) in [4.78, 5) is 3.91. The summed E-state index contributed by atoms with van der Waals surface area (Å²) in [5.41, 5.74) is 7.61. The summed E-state index contributed by atoms with van der Waals surface area (Å²) in [5, 5.41) is 4.04. The van der Waals surface area contributed by atoms with Gasteiger partial charge in [-0.25, -0.2) is 9.50 Å². The van der Waals surface area contributed by atoms with E-state index in [0.717, 1.165) is 15.7 Å². The molecule has 2 N–H and O–H groups in total. The van der Waals surface area contributed by atoms with Gasteiger partial charge in [-0.2, -0.15) is 5.10 Å². The van der Waals surface area contributed by atoms with Gasteiger partial charge in [0.2, 0.25) is 0 Å². The molecule has 0 radical (unpaired) electrons. The van der Waals surface area contributed by atoms with Crippen molar-refractivity contribution in [2.24, 2.45) is 0 Å². The third-order valence-corrected chi connectivity index (χ3v) is 2.29. The van der Waals surface area contributed by atoms with Crippen molar-refractivity contribution >= 4 is 27.3 Å². The number of nitrogen functional groups attached to an aromatic ring is 1. The lowest BCUT2D eigenvalue weighted by atomic mass is 10.3. The Hall–Kier alpha value is -1.10. The number of anilines is 1. The van der Waals surface area contributed by atoms with Crippen molar-refractivity contribution in [3.05, 3.63) is 22.6 Å². The van der Waals surface area contributed by atoms with Gasteiger partial charge >= 0.3 is 0 Å². The van der Waals surface area contributed by atoms with E-state index in [-0.39, 0.29) is 0 Å². The van der Waals surface area contributed by atoms with Crippen LogP contribution in [0.2, 0.25) is 0 Å². The molecule has 0 atom stereocenters. The van der Waals surface area contributed by atoms with E-state index < -0.39 is 0 Å². The summed E-state index contributed by atoms with van der Waals surface area (Å²) in [6.45, 7) is 9.97. The monoisotopic (exact) mass is 286 g/mol. The summed E-state index contributed by atoms with van der Waals surface area (Å²) < 4.78 is 2.61. The molecule has 90 valence electrons. The van der Waals surface area contributed by atoms with Crippen LogP contribution in [0, 0.1) is 6.92 Å². The number of nitrogens with two attached hydrogens (primary N) is 1. The molecule has 0 bridgehead atoms. The second-order valence-corrected chi connectivity index (χ2v) is 3.37. The summed E-state index contributed by atoms with van der Waals surface area (Å²) in [5.74, 6) is 0.508. The van der Waals surface area contributed by atoms with E-state index in [4.69, 9.17) is 5.73 Å². The fourth-order valence-corrected chi connectivity index (χ4v) is 1.82. The van der Waals surface area contributed by atoms with E-state index in [0.29, 0.717) is 5.82 Å². The molecule has 16 heavy (non-hydrogen) atoms. The van der Waals surface area contributed by atoms with Crippen LogP contribution in [0.3, 0.4) is 0 Å². The minimum absolute atomic E-state index is 0.508. The molecule has 0 fully saturated rings. The zero-order chi connectivity index (χ0) is 12.7. The maximum Gasteiger partial charge on any atom is 0.151 e. The van der Waals surface area contributed by atoms with Crippen LogP contribution in [0.4, 0.5) is 5.82 Å². The average Bonchev–Trinajstić information content (AvgIpc) is 2.61. The van der Waals surface area contributed by atoms with Crippen LogP contribution in [-0.4, -0.2) is 14.6 Å². The molecule has 0 aliphatic heterocycles. The molecule has 5 heteroatoms. The quantitative estimate of drug-likeness (QED) is 0.807. The zero-order valence-electron chi connectivity index (χ0n) is 10.5. The number of aryl methyl sites for hydroxylation is 1. The first-order valence-corrected chi connectivity index (χ1v) is 6.24. The number of hydrogen-bond acceptors (Lipinski definition) is 3. The van der Waals surface area contributed by atoms with E-state index in [1.54, 1.807) is 4.52 Å². The highest BCUT2D eigenvalue weighted by molar-refractivity contribution is 9.10. The van der Waals surface area contributed by atoms with Crippen molar-refractivity contribution in [3.8, 4) is 0 Å². The summed E-state index contributed by atoms with van der Waals surface area (Å²) in [6, 6.07) is 1.96. The van der Waals surface area contributed by atoms with Gasteiger partial charge in [0, 0.05) is 0 Å². The van der Waals surface area contributed by atoms with Crippen LogP contribution in [0.25, 0.3) is 5.52 Å². The SMILES string of the molecule is CC.CC.Cc1cc(Br)n2ncnc(N)c12. The molecular formula is C11H19BrN4. The molecule has 0 aliphatic rings. The first kappa shape index (κ1) is 14.9. The number of rotatable bonds is 0. The van der Waals surface area contributed by atoms with Crippen LogP contribution < -0.4 is 5.73 Å². The Morgan fingerprint density at radius 1 is 1.25 bits per heavy atom. The van der Waals surface area contributed by atoms with Gasteiger partial charge in [0.15, 0.2) is 5.82 Å². The fourth-order valence-electron chi connectivity index (χ4n) is 1.21. The molecule has 0 amide bonds. The van der Waals surface area contributed by atoms with Gasteiger partial charge in [-0.1, -0.05) is 27.7 Å². The predicted molar refractivity (Wildman–Crippen MR) is 72.5 cm³/mol. The van der Waals surface area contributed by atoms with E-state index >= 15 is 0 Å². The smallest absolute Gasteiger partial charge is 0.151 e. The normalized spacial score (nSPS) is 8.88. The zero-order valence-corrected chi connectivity index (χ0v) is 12.0. The van der Waals surface area contributed by atoms with Crippen LogP contribution >= 0.6 is 15.9 Å². The van der Waals surface area contributed by atoms with Crippen molar-refractivity contribution in [1.82, 2.24) is 14.6 Å². The molecule has 0 saturated carbocycles. The van der Waals surface area contributed by atoms with Crippen LogP contribution in [0.1, 0.15) is 33.3 Å². The number of aromatic nitrogens is 3. The van der Waals surface area contributed by atoms with Crippen molar-refractivity contribution in [3.63, 3.8) is 0 Å². The summed E-state index contributed by atoms with van der Waals surface area (Å²) >= 11 is 3.37. The van der Waals surface area contributed by atoms with E-state index in [2.05, 4.69) is 26.0 Å². The average molecular weight is 287 g/mol. The van der Waals surface area contributed by atoms with E-state index in [9.17, 15) is 0 Å². The Kier molecular flexibility index (Phi) is 6.72. The lowest BCUT2D eigenvalue weighted by molar-refractivity contribution is 0.888. The van der Waals surface area contributed by atoms with Gasteiger partial charge in [-0.15, -0.1) is 0 Å². The highest BCUT2D eigenvalue weighted by Gasteiger charge is 2.07. The number of fused-ring (bicyclic) bond motifs is 1. The number of halogens is 1. The molecule has 2 aromatic rings. The van der Waals surface area contributed by atoms with Gasteiger partial charge < -0.3 is 5.73 Å².